The molecule has 2 heteroatoms. The van der Waals surface area contributed by atoms with Crippen LogP contribution in [0.2, 0.25) is 0 Å². The fourth-order valence-corrected chi connectivity index (χ4v) is 1.33. The van der Waals surface area contributed by atoms with Crippen LogP contribution in [0.4, 0.5) is 0 Å². The maximum Gasteiger partial charge on any atom is 0.386 e. The lowest BCUT2D eigenvalue weighted by Crippen LogP contribution is -2.12. The molecule has 2 nitrogen and oxygen atoms in total. The van der Waals surface area contributed by atoms with Crippen molar-refractivity contribution in [3.05, 3.63) is 34.9 Å². The van der Waals surface area contributed by atoms with Crippen molar-refractivity contribution in [1.29, 1.82) is 0 Å². The Kier molecular flexibility index (Phi) is 2.65. The van der Waals surface area contributed by atoms with Crippen molar-refractivity contribution in [1.82, 2.24) is 0 Å². The second-order valence-corrected chi connectivity index (χ2v) is 4.63. The van der Waals surface area contributed by atoms with Gasteiger partial charge in [0, 0.05) is 0 Å². The Labute approximate surface area is 84.6 Å². The molecule has 0 heterocycles. The number of rotatable bonds is 1. The highest BCUT2D eigenvalue weighted by Gasteiger charge is 2.16. The van der Waals surface area contributed by atoms with Gasteiger partial charge in [-0.2, -0.15) is 0 Å². The largest absolute Gasteiger partial charge is 0.386 e. The fourth-order valence-electron chi connectivity index (χ4n) is 1.33. The molecular formula is C12H15O2. The SMILES string of the molecule is Cc1cc(C([O])=O)cc(C(C)(C)C)c1. The molecule has 0 aliphatic heterocycles. The molecule has 75 valence electrons. The average molecular weight is 191 g/mol. The van der Waals surface area contributed by atoms with Crippen molar-refractivity contribution in [2.75, 3.05) is 0 Å². The minimum absolute atomic E-state index is 0.0315. The van der Waals surface area contributed by atoms with Gasteiger partial charge in [0.1, 0.15) is 0 Å². The number of carbonyl (C=O) groups is 1. The normalized spacial score (nSPS) is 11.4. The number of benzene rings is 1. The van der Waals surface area contributed by atoms with Gasteiger partial charge in [-0.25, -0.2) is 9.90 Å². The molecule has 0 aromatic heterocycles. The lowest BCUT2D eigenvalue weighted by molar-refractivity contribution is 0.0573. The summed E-state index contributed by atoms with van der Waals surface area (Å²) in [5.74, 6) is -1.11. The Bertz CT molecular complexity index is 359. The maximum absolute atomic E-state index is 10.7. The topological polar surface area (TPSA) is 37.0 Å². The summed E-state index contributed by atoms with van der Waals surface area (Å²) in [4.78, 5) is 10.7. The van der Waals surface area contributed by atoms with E-state index in [-0.39, 0.29) is 11.0 Å². The summed E-state index contributed by atoms with van der Waals surface area (Å²) in [5, 5.41) is 10.7. The summed E-state index contributed by atoms with van der Waals surface area (Å²) in [6, 6.07) is 5.32. The first-order valence-electron chi connectivity index (χ1n) is 4.64. The lowest BCUT2D eigenvalue weighted by Gasteiger charge is -2.19. The van der Waals surface area contributed by atoms with Gasteiger partial charge >= 0.3 is 5.97 Å². The number of aryl methyl sites for hydroxylation is 1. The molecule has 0 bridgehead atoms. The van der Waals surface area contributed by atoms with Crippen LogP contribution < -0.4 is 0 Å². The van der Waals surface area contributed by atoms with Crippen LogP contribution in [0.3, 0.4) is 0 Å². The smallest absolute Gasteiger partial charge is 0.242 e. The van der Waals surface area contributed by atoms with E-state index in [9.17, 15) is 9.90 Å². The van der Waals surface area contributed by atoms with Crippen molar-refractivity contribution in [3.8, 4) is 0 Å². The van der Waals surface area contributed by atoms with Crippen LogP contribution in [0.25, 0.3) is 0 Å². The lowest BCUT2D eigenvalue weighted by atomic mass is 9.85. The molecule has 0 unspecified atom stereocenters. The summed E-state index contributed by atoms with van der Waals surface area (Å²) in [6.45, 7) is 8.06. The molecule has 14 heavy (non-hydrogen) atoms. The van der Waals surface area contributed by atoms with Crippen molar-refractivity contribution in [2.45, 2.75) is 33.1 Å². The molecule has 0 amide bonds. The van der Waals surface area contributed by atoms with Crippen LogP contribution in [0, 0.1) is 6.92 Å². The van der Waals surface area contributed by atoms with Crippen molar-refractivity contribution >= 4 is 5.97 Å². The highest BCUT2D eigenvalue weighted by molar-refractivity contribution is 5.87. The van der Waals surface area contributed by atoms with Gasteiger partial charge in [-0.05, 0) is 35.6 Å². The molecule has 0 saturated heterocycles. The molecule has 1 rings (SSSR count). The third-order valence-electron chi connectivity index (χ3n) is 2.18. The molecule has 1 radical (unpaired) electrons. The van der Waals surface area contributed by atoms with E-state index in [0.29, 0.717) is 0 Å². The minimum Gasteiger partial charge on any atom is -0.242 e. The fraction of sp³-hybridized carbons (Fsp3) is 0.417. The van der Waals surface area contributed by atoms with Crippen LogP contribution >= 0.6 is 0 Å². The molecule has 0 N–H and O–H groups in total. The predicted octanol–water partition coefficient (Wildman–Crippen LogP) is 2.86. The quantitative estimate of drug-likeness (QED) is 0.672. The van der Waals surface area contributed by atoms with Gasteiger partial charge in [0.15, 0.2) is 0 Å². The zero-order valence-corrected chi connectivity index (χ0v) is 9.05. The average Bonchev–Trinajstić information content (AvgIpc) is 2.01. The van der Waals surface area contributed by atoms with Gasteiger partial charge in [0.2, 0.25) is 0 Å². The van der Waals surface area contributed by atoms with E-state index in [1.54, 1.807) is 12.1 Å². The Morgan fingerprint density at radius 3 is 2.14 bits per heavy atom. The van der Waals surface area contributed by atoms with Crippen molar-refractivity contribution < 1.29 is 9.90 Å². The second kappa shape index (κ2) is 3.45. The Morgan fingerprint density at radius 2 is 1.71 bits per heavy atom. The number of carbonyl (C=O) groups excluding carboxylic acids is 1. The summed E-state index contributed by atoms with van der Waals surface area (Å²) in [5.41, 5.74) is 2.21. The zero-order chi connectivity index (χ0) is 10.9. The van der Waals surface area contributed by atoms with Crippen molar-refractivity contribution in [3.63, 3.8) is 0 Å². The predicted molar refractivity (Wildman–Crippen MR) is 54.9 cm³/mol. The molecule has 0 aliphatic rings. The van der Waals surface area contributed by atoms with Gasteiger partial charge < -0.3 is 0 Å². The van der Waals surface area contributed by atoms with E-state index in [4.69, 9.17) is 0 Å². The molecule has 0 fully saturated rings. The van der Waals surface area contributed by atoms with E-state index in [2.05, 4.69) is 20.8 Å². The standard InChI is InChI=1S/C12H15O2/c1-8-5-9(11(13)14)7-10(6-8)12(2,3)4/h5-7H,1-4H3. The molecule has 1 aromatic carbocycles. The Hall–Kier alpha value is -1.31. The summed E-state index contributed by atoms with van der Waals surface area (Å²) in [6.07, 6.45) is 0. The third kappa shape index (κ3) is 2.34. The van der Waals surface area contributed by atoms with Crippen LogP contribution in [-0.2, 0) is 10.5 Å². The molecule has 0 atom stereocenters. The molecule has 0 spiro atoms. The Balaban J connectivity index is 3.28. The first-order chi connectivity index (χ1) is 6.30. The van der Waals surface area contributed by atoms with E-state index in [0.717, 1.165) is 11.1 Å². The summed E-state index contributed by atoms with van der Waals surface area (Å²) >= 11 is 0. The summed E-state index contributed by atoms with van der Waals surface area (Å²) in [7, 11) is 0. The van der Waals surface area contributed by atoms with E-state index < -0.39 is 5.97 Å². The van der Waals surface area contributed by atoms with Crippen LogP contribution in [0.1, 0.15) is 42.3 Å². The number of hydrogen-bond acceptors (Lipinski definition) is 1. The van der Waals surface area contributed by atoms with Gasteiger partial charge in [0.25, 0.3) is 0 Å². The van der Waals surface area contributed by atoms with E-state index in [1.807, 2.05) is 13.0 Å². The highest BCUT2D eigenvalue weighted by Crippen LogP contribution is 2.24. The van der Waals surface area contributed by atoms with Crippen molar-refractivity contribution in [2.24, 2.45) is 0 Å². The summed E-state index contributed by atoms with van der Waals surface area (Å²) < 4.78 is 0. The van der Waals surface area contributed by atoms with Crippen LogP contribution in [0.5, 0.6) is 0 Å². The van der Waals surface area contributed by atoms with Gasteiger partial charge in [-0.1, -0.05) is 26.8 Å². The third-order valence-corrected chi connectivity index (χ3v) is 2.18. The minimum atomic E-state index is -1.11. The molecule has 0 aliphatic carbocycles. The zero-order valence-electron chi connectivity index (χ0n) is 9.05. The highest BCUT2D eigenvalue weighted by atomic mass is 16.4. The van der Waals surface area contributed by atoms with E-state index >= 15 is 0 Å². The second-order valence-electron chi connectivity index (χ2n) is 4.63. The van der Waals surface area contributed by atoms with Crippen LogP contribution in [-0.4, -0.2) is 5.97 Å². The maximum atomic E-state index is 10.7. The van der Waals surface area contributed by atoms with Gasteiger partial charge in [-0.3, -0.25) is 0 Å². The first-order valence-corrected chi connectivity index (χ1v) is 4.64. The molecule has 1 aromatic rings. The monoisotopic (exact) mass is 191 g/mol. The molecule has 0 saturated carbocycles. The van der Waals surface area contributed by atoms with Gasteiger partial charge in [-0.15, -0.1) is 0 Å². The van der Waals surface area contributed by atoms with Crippen LogP contribution in [0.15, 0.2) is 18.2 Å². The Morgan fingerprint density at radius 1 is 1.14 bits per heavy atom. The number of hydrogen-bond donors (Lipinski definition) is 0. The van der Waals surface area contributed by atoms with Gasteiger partial charge in [0.05, 0.1) is 5.56 Å². The molecular weight excluding hydrogens is 176 g/mol. The van der Waals surface area contributed by atoms with E-state index in [1.165, 1.54) is 0 Å². The first kappa shape index (κ1) is 10.8.